The maximum atomic E-state index is 5.78. The predicted molar refractivity (Wildman–Crippen MR) is 60.6 cm³/mol. The van der Waals surface area contributed by atoms with Crippen LogP contribution in [-0.4, -0.2) is 6.04 Å². The van der Waals surface area contributed by atoms with Crippen LogP contribution in [0.5, 0.6) is 0 Å². The zero-order valence-corrected chi connectivity index (χ0v) is 9.59. The number of hydrogen-bond donors (Lipinski definition) is 1. The second-order valence-corrected chi connectivity index (χ2v) is 4.27. The molecule has 0 saturated heterocycles. The smallest absolute Gasteiger partial charge is 0.00390 e. The highest BCUT2D eigenvalue weighted by atomic mass is 14.6. The third-order valence-corrected chi connectivity index (χ3v) is 2.61. The number of hydrogen-bond acceptors (Lipinski definition) is 1. The summed E-state index contributed by atoms with van der Waals surface area (Å²) in [5, 5.41) is 0. The first-order valence-corrected chi connectivity index (χ1v) is 5.50. The Morgan fingerprint density at radius 1 is 1.23 bits per heavy atom. The molecule has 0 radical (unpaired) electrons. The van der Waals surface area contributed by atoms with Crippen LogP contribution in [0.2, 0.25) is 0 Å². The molecular weight excluding hydrogens is 158 g/mol. The molecule has 0 fully saturated rings. The highest BCUT2D eigenvalue weighted by molar-refractivity contribution is 4.88. The molecule has 0 amide bonds. The lowest BCUT2D eigenvalue weighted by Gasteiger charge is -2.12. The van der Waals surface area contributed by atoms with E-state index >= 15 is 0 Å². The molecule has 3 atom stereocenters. The molecule has 1 heteroatoms. The monoisotopic (exact) mass is 183 g/mol. The Hall–Kier alpha value is -0.300. The van der Waals surface area contributed by atoms with Crippen LogP contribution < -0.4 is 5.73 Å². The summed E-state index contributed by atoms with van der Waals surface area (Å²) in [6.07, 6.45) is 8.29. The molecule has 1 nitrogen and oxygen atoms in total. The third-order valence-electron chi connectivity index (χ3n) is 2.61. The average Bonchev–Trinajstić information content (AvgIpc) is 2.04. The quantitative estimate of drug-likeness (QED) is 0.628. The Balaban J connectivity index is 3.61. The molecule has 13 heavy (non-hydrogen) atoms. The predicted octanol–water partition coefficient (Wildman–Crippen LogP) is 3.35. The molecule has 0 bridgehead atoms. The maximum Gasteiger partial charge on any atom is 0.00390 e. The van der Waals surface area contributed by atoms with Crippen LogP contribution in [0.15, 0.2) is 12.2 Å². The average molecular weight is 183 g/mol. The largest absolute Gasteiger partial charge is 0.328 e. The minimum Gasteiger partial charge on any atom is -0.328 e. The van der Waals surface area contributed by atoms with Gasteiger partial charge in [-0.15, -0.1) is 0 Å². The highest BCUT2D eigenvalue weighted by Gasteiger charge is 2.04. The summed E-state index contributed by atoms with van der Waals surface area (Å²) in [5.74, 6) is 1.33. The lowest BCUT2D eigenvalue weighted by atomic mass is 9.98. The summed E-state index contributed by atoms with van der Waals surface area (Å²) in [5.41, 5.74) is 5.78. The topological polar surface area (TPSA) is 26.0 Å². The molecule has 0 aliphatic carbocycles. The van der Waals surface area contributed by atoms with Gasteiger partial charge in [0.15, 0.2) is 0 Å². The zero-order chi connectivity index (χ0) is 10.3. The Kier molecular flexibility index (Phi) is 6.97. The van der Waals surface area contributed by atoms with E-state index in [9.17, 15) is 0 Å². The Morgan fingerprint density at radius 2 is 1.85 bits per heavy atom. The van der Waals surface area contributed by atoms with Crippen molar-refractivity contribution in [2.45, 2.75) is 53.0 Å². The van der Waals surface area contributed by atoms with Crippen LogP contribution in [0.3, 0.4) is 0 Å². The Labute approximate surface area is 83.4 Å². The van der Waals surface area contributed by atoms with Gasteiger partial charge < -0.3 is 5.73 Å². The van der Waals surface area contributed by atoms with Gasteiger partial charge in [0.25, 0.3) is 0 Å². The summed E-state index contributed by atoms with van der Waals surface area (Å²) >= 11 is 0. The summed E-state index contributed by atoms with van der Waals surface area (Å²) in [4.78, 5) is 0. The molecular formula is C12H25N. The summed E-state index contributed by atoms with van der Waals surface area (Å²) < 4.78 is 0. The van der Waals surface area contributed by atoms with Crippen molar-refractivity contribution >= 4 is 0 Å². The fourth-order valence-corrected chi connectivity index (χ4v) is 1.29. The maximum absolute atomic E-state index is 5.78. The lowest BCUT2D eigenvalue weighted by Crippen LogP contribution is -2.23. The van der Waals surface area contributed by atoms with E-state index in [2.05, 4.69) is 39.8 Å². The van der Waals surface area contributed by atoms with Crippen LogP contribution in [-0.2, 0) is 0 Å². The van der Waals surface area contributed by atoms with Crippen molar-refractivity contribution in [3.8, 4) is 0 Å². The normalized spacial score (nSPS) is 18.8. The number of rotatable bonds is 6. The first-order chi connectivity index (χ1) is 6.07. The molecule has 0 aromatic carbocycles. The second kappa shape index (κ2) is 7.14. The van der Waals surface area contributed by atoms with E-state index in [1.165, 1.54) is 12.8 Å². The van der Waals surface area contributed by atoms with Gasteiger partial charge in [0.2, 0.25) is 0 Å². The van der Waals surface area contributed by atoms with Crippen LogP contribution in [0.25, 0.3) is 0 Å². The molecule has 0 saturated carbocycles. The van der Waals surface area contributed by atoms with Crippen molar-refractivity contribution in [1.29, 1.82) is 0 Å². The fraction of sp³-hybridized carbons (Fsp3) is 0.833. The van der Waals surface area contributed by atoms with Gasteiger partial charge in [-0.3, -0.25) is 0 Å². The summed E-state index contributed by atoms with van der Waals surface area (Å²) in [7, 11) is 0. The second-order valence-electron chi connectivity index (χ2n) is 4.27. The molecule has 78 valence electrons. The highest BCUT2D eigenvalue weighted by Crippen LogP contribution is 2.10. The van der Waals surface area contributed by atoms with Crippen LogP contribution in [0, 0.1) is 11.8 Å². The van der Waals surface area contributed by atoms with Crippen molar-refractivity contribution < 1.29 is 0 Å². The van der Waals surface area contributed by atoms with Crippen molar-refractivity contribution in [2.24, 2.45) is 17.6 Å². The molecule has 0 aromatic rings. The number of nitrogens with two attached hydrogens (primary N) is 1. The molecule has 0 unspecified atom stereocenters. The van der Waals surface area contributed by atoms with Crippen LogP contribution >= 0.6 is 0 Å². The van der Waals surface area contributed by atoms with Gasteiger partial charge in [0.05, 0.1) is 0 Å². The van der Waals surface area contributed by atoms with Crippen molar-refractivity contribution in [3.05, 3.63) is 12.2 Å². The van der Waals surface area contributed by atoms with E-state index in [1.807, 2.05) is 0 Å². The van der Waals surface area contributed by atoms with Gasteiger partial charge in [-0.25, -0.2) is 0 Å². The van der Waals surface area contributed by atoms with Gasteiger partial charge in [-0.1, -0.05) is 39.3 Å². The molecule has 0 spiro atoms. The van der Waals surface area contributed by atoms with E-state index < -0.39 is 0 Å². The fourth-order valence-electron chi connectivity index (χ4n) is 1.29. The molecule has 0 rings (SSSR count). The third kappa shape index (κ3) is 6.83. The van der Waals surface area contributed by atoms with Gasteiger partial charge in [0, 0.05) is 6.04 Å². The van der Waals surface area contributed by atoms with E-state index in [0.29, 0.717) is 12.0 Å². The summed E-state index contributed by atoms with van der Waals surface area (Å²) in [6, 6.07) is 0.311. The van der Waals surface area contributed by atoms with Crippen molar-refractivity contribution in [1.82, 2.24) is 0 Å². The van der Waals surface area contributed by atoms with Gasteiger partial charge in [0.1, 0.15) is 0 Å². The Bertz CT molecular complexity index is 138. The van der Waals surface area contributed by atoms with Gasteiger partial charge in [-0.2, -0.15) is 0 Å². The molecule has 0 aliphatic rings. The minimum absolute atomic E-state index is 0.311. The standard InChI is InChI=1S/C12H25N/c1-5-7-10(2)8-6-9-11(3)12(4)13/h6,8,10-12H,5,7,9,13H2,1-4H3/b8-6+/t10-,11-,12-/m0/s1. The molecule has 0 aromatic heterocycles. The zero-order valence-electron chi connectivity index (χ0n) is 9.59. The minimum atomic E-state index is 0.311. The number of allylic oxidation sites excluding steroid dienone is 2. The van der Waals surface area contributed by atoms with Crippen LogP contribution in [0.1, 0.15) is 47.0 Å². The van der Waals surface area contributed by atoms with E-state index in [1.54, 1.807) is 0 Å². The first kappa shape index (κ1) is 12.7. The van der Waals surface area contributed by atoms with E-state index in [4.69, 9.17) is 5.73 Å². The SMILES string of the molecule is CCC[C@H](C)/C=C/C[C@H](C)[C@H](C)N. The Morgan fingerprint density at radius 3 is 2.31 bits per heavy atom. The van der Waals surface area contributed by atoms with Gasteiger partial charge >= 0.3 is 0 Å². The first-order valence-electron chi connectivity index (χ1n) is 5.50. The summed E-state index contributed by atoms with van der Waals surface area (Å²) in [6.45, 7) is 8.79. The molecule has 2 N–H and O–H groups in total. The van der Waals surface area contributed by atoms with Crippen molar-refractivity contribution in [3.63, 3.8) is 0 Å². The van der Waals surface area contributed by atoms with E-state index in [-0.39, 0.29) is 0 Å². The molecule has 0 aliphatic heterocycles. The van der Waals surface area contributed by atoms with E-state index in [0.717, 1.165) is 12.3 Å². The lowest BCUT2D eigenvalue weighted by molar-refractivity contribution is 0.488. The van der Waals surface area contributed by atoms with Gasteiger partial charge in [-0.05, 0) is 31.6 Å². The van der Waals surface area contributed by atoms with Crippen molar-refractivity contribution in [2.75, 3.05) is 0 Å². The molecule has 0 heterocycles. The van der Waals surface area contributed by atoms with Crippen LogP contribution in [0.4, 0.5) is 0 Å².